The molecule has 20 heavy (non-hydrogen) atoms. The molecule has 2 aromatic rings. The van der Waals surface area contributed by atoms with Crippen molar-refractivity contribution in [3.63, 3.8) is 0 Å². The number of pyridine rings is 1. The van der Waals surface area contributed by atoms with Gasteiger partial charge in [-0.3, -0.25) is 9.78 Å². The molecule has 3 N–H and O–H groups in total. The van der Waals surface area contributed by atoms with Gasteiger partial charge in [0, 0.05) is 28.6 Å². The van der Waals surface area contributed by atoms with Crippen molar-refractivity contribution in [3.8, 4) is 16.9 Å². The summed E-state index contributed by atoms with van der Waals surface area (Å²) in [5.74, 6) is -0.0212. The van der Waals surface area contributed by atoms with Gasteiger partial charge in [0.1, 0.15) is 5.75 Å². The average Bonchev–Trinajstić information content (AvgIpc) is 2.45. The number of amides is 1. The van der Waals surface area contributed by atoms with Gasteiger partial charge in [-0.05, 0) is 13.0 Å². The summed E-state index contributed by atoms with van der Waals surface area (Å²) < 4.78 is 5.36. The summed E-state index contributed by atoms with van der Waals surface area (Å²) in [6.07, 6.45) is 1.46. The van der Waals surface area contributed by atoms with Crippen molar-refractivity contribution >= 4 is 5.91 Å². The number of nitrogens with two attached hydrogens (primary N) is 1. The van der Waals surface area contributed by atoms with Gasteiger partial charge in [-0.1, -0.05) is 18.2 Å². The van der Waals surface area contributed by atoms with Crippen LogP contribution in [-0.2, 0) is 6.61 Å². The molecule has 0 fully saturated rings. The van der Waals surface area contributed by atoms with Crippen molar-refractivity contribution in [1.82, 2.24) is 4.98 Å². The van der Waals surface area contributed by atoms with Crippen LogP contribution in [-0.4, -0.2) is 23.1 Å². The van der Waals surface area contributed by atoms with Crippen LogP contribution in [0.2, 0.25) is 0 Å². The summed E-state index contributed by atoms with van der Waals surface area (Å²) in [7, 11) is 1.52. The molecule has 0 saturated carbocycles. The predicted octanol–water partition coefficient (Wildman–Crippen LogP) is 1.66. The van der Waals surface area contributed by atoms with E-state index in [1.807, 2.05) is 13.0 Å². The minimum Gasteiger partial charge on any atom is -0.496 e. The van der Waals surface area contributed by atoms with Gasteiger partial charge in [-0.25, -0.2) is 0 Å². The predicted molar refractivity (Wildman–Crippen MR) is 75.4 cm³/mol. The Bertz CT molecular complexity index is 654. The number of carbonyl (C=O) groups excluding carboxylic acids is 1. The average molecular weight is 272 g/mol. The molecule has 0 aliphatic rings. The van der Waals surface area contributed by atoms with Crippen molar-refractivity contribution in [2.45, 2.75) is 13.5 Å². The topological polar surface area (TPSA) is 85.4 Å². The third-order valence-corrected chi connectivity index (χ3v) is 3.07. The first-order valence-corrected chi connectivity index (χ1v) is 6.12. The quantitative estimate of drug-likeness (QED) is 0.886. The number of aliphatic hydroxyl groups is 1. The third-order valence-electron chi connectivity index (χ3n) is 3.07. The van der Waals surface area contributed by atoms with Gasteiger partial charge in [-0.15, -0.1) is 0 Å². The maximum atomic E-state index is 11.6. The van der Waals surface area contributed by atoms with E-state index in [4.69, 9.17) is 10.5 Å². The van der Waals surface area contributed by atoms with Crippen molar-refractivity contribution < 1.29 is 14.6 Å². The standard InChI is InChI=1S/C15H16N2O3/c1-9-6-12(13(7-17-9)15(16)19)11-5-3-4-10(8-18)14(11)20-2/h3-7,18H,8H2,1-2H3,(H2,16,19). The van der Waals surface area contributed by atoms with Gasteiger partial charge in [0.05, 0.1) is 19.3 Å². The van der Waals surface area contributed by atoms with E-state index in [0.717, 1.165) is 5.69 Å². The Hall–Kier alpha value is -2.40. The molecule has 5 nitrogen and oxygen atoms in total. The van der Waals surface area contributed by atoms with Crippen LogP contribution in [0.3, 0.4) is 0 Å². The molecular formula is C15H16N2O3. The number of hydrogen-bond donors (Lipinski definition) is 2. The van der Waals surface area contributed by atoms with E-state index in [9.17, 15) is 9.90 Å². The highest BCUT2D eigenvalue weighted by Gasteiger charge is 2.16. The number of benzene rings is 1. The molecule has 0 aliphatic carbocycles. The van der Waals surface area contributed by atoms with Crippen molar-refractivity contribution in [1.29, 1.82) is 0 Å². The summed E-state index contributed by atoms with van der Waals surface area (Å²) >= 11 is 0. The Morgan fingerprint density at radius 3 is 2.75 bits per heavy atom. The molecule has 0 radical (unpaired) electrons. The molecule has 0 atom stereocenters. The summed E-state index contributed by atoms with van der Waals surface area (Å²) in [5, 5.41) is 9.37. The minimum absolute atomic E-state index is 0.146. The molecule has 2 rings (SSSR count). The van der Waals surface area contributed by atoms with E-state index >= 15 is 0 Å². The fourth-order valence-corrected chi connectivity index (χ4v) is 2.14. The number of aliphatic hydroxyl groups excluding tert-OH is 1. The lowest BCUT2D eigenvalue weighted by atomic mass is 9.97. The molecule has 0 spiro atoms. The second-order valence-electron chi connectivity index (χ2n) is 4.39. The maximum Gasteiger partial charge on any atom is 0.250 e. The van der Waals surface area contributed by atoms with Crippen LogP contribution in [0.4, 0.5) is 0 Å². The monoisotopic (exact) mass is 272 g/mol. The molecule has 1 amide bonds. The molecule has 0 unspecified atom stereocenters. The van der Waals surface area contributed by atoms with E-state index in [1.54, 1.807) is 18.2 Å². The van der Waals surface area contributed by atoms with E-state index < -0.39 is 5.91 Å². The van der Waals surface area contributed by atoms with E-state index in [-0.39, 0.29) is 6.61 Å². The van der Waals surface area contributed by atoms with E-state index in [1.165, 1.54) is 13.3 Å². The highest BCUT2D eigenvalue weighted by molar-refractivity contribution is 6.00. The second-order valence-corrected chi connectivity index (χ2v) is 4.39. The van der Waals surface area contributed by atoms with Gasteiger partial charge in [0.2, 0.25) is 0 Å². The van der Waals surface area contributed by atoms with E-state index in [2.05, 4.69) is 4.98 Å². The largest absolute Gasteiger partial charge is 0.496 e. The number of nitrogens with zero attached hydrogens (tertiary/aromatic N) is 1. The SMILES string of the molecule is COc1c(CO)cccc1-c1cc(C)ncc1C(N)=O. The number of carbonyl (C=O) groups is 1. The fraction of sp³-hybridized carbons (Fsp3) is 0.200. The summed E-state index contributed by atoms with van der Waals surface area (Å²) in [6, 6.07) is 7.16. The van der Waals surface area contributed by atoms with Crippen LogP contribution in [0.15, 0.2) is 30.5 Å². The zero-order valence-corrected chi connectivity index (χ0v) is 11.4. The Balaban J connectivity index is 2.74. The first-order chi connectivity index (χ1) is 9.58. The number of rotatable bonds is 4. The molecule has 1 aromatic heterocycles. The normalized spacial score (nSPS) is 10.3. The minimum atomic E-state index is -0.552. The number of para-hydroxylation sites is 1. The number of aryl methyl sites for hydroxylation is 1. The first kappa shape index (κ1) is 14.0. The molecule has 104 valence electrons. The Morgan fingerprint density at radius 1 is 1.40 bits per heavy atom. The smallest absolute Gasteiger partial charge is 0.250 e. The number of hydrogen-bond acceptors (Lipinski definition) is 4. The highest BCUT2D eigenvalue weighted by atomic mass is 16.5. The molecule has 0 aliphatic heterocycles. The highest BCUT2D eigenvalue weighted by Crippen LogP contribution is 2.35. The molecule has 0 bridgehead atoms. The summed E-state index contributed by atoms with van der Waals surface area (Å²) in [5.41, 5.74) is 8.49. The van der Waals surface area contributed by atoms with Crippen molar-refractivity contribution in [2.75, 3.05) is 7.11 Å². The van der Waals surface area contributed by atoms with Crippen LogP contribution in [0.25, 0.3) is 11.1 Å². The van der Waals surface area contributed by atoms with Crippen LogP contribution in [0.1, 0.15) is 21.6 Å². The molecule has 1 heterocycles. The molecule has 0 saturated heterocycles. The zero-order valence-electron chi connectivity index (χ0n) is 11.4. The van der Waals surface area contributed by atoms with Gasteiger partial charge < -0.3 is 15.6 Å². The van der Waals surface area contributed by atoms with Gasteiger partial charge in [-0.2, -0.15) is 0 Å². The Kier molecular flexibility index (Phi) is 4.00. The first-order valence-electron chi connectivity index (χ1n) is 6.12. The molecule has 5 heteroatoms. The van der Waals surface area contributed by atoms with Gasteiger partial charge in [0.15, 0.2) is 0 Å². The van der Waals surface area contributed by atoms with Crippen LogP contribution in [0.5, 0.6) is 5.75 Å². The molecular weight excluding hydrogens is 256 g/mol. The second kappa shape index (κ2) is 5.71. The van der Waals surface area contributed by atoms with Gasteiger partial charge in [0.25, 0.3) is 5.91 Å². The van der Waals surface area contributed by atoms with E-state index in [0.29, 0.717) is 28.0 Å². The van der Waals surface area contributed by atoms with Gasteiger partial charge >= 0.3 is 0 Å². The lowest BCUT2D eigenvalue weighted by Crippen LogP contribution is -2.13. The summed E-state index contributed by atoms with van der Waals surface area (Å²) in [6.45, 7) is 1.68. The zero-order chi connectivity index (χ0) is 14.7. The van der Waals surface area contributed by atoms with Crippen LogP contribution < -0.4 is 10.5 Å². The number of aromatic nitrogens is 1. The number of methoxy groups -OCH3 is 1. The van der Waals surface area contributed by atoms with Crippen molar-refractivity contribution in [2.24, 2.45) is 5.73 Å². The Labute approximate surface area is 117 Å². The Morgan fingerprint density at radius 2 is 2.15 bits per heavy atom. The molecule has 1 aromatic carbocycles. The van der Waals surface area contributed by atoms with Crippen LogP contribution in [0, 0.1) is 6.92 Å². The summed E-state index contributed by atoms with van der Waals surface area (Å²) in [4.78, 5) is 15.6. The fourth-order valence-electron chi connectivity index (χ4n) is 2.14. The third kappa shape index (κ3) is 2.48. The maximum absolute atomic E-state index is 11.6. The van der Waals surface area contributed by atoms with Crippen molar-refractivity contribution in [3.05, 3.63) is 47.3 Å². The lowest BCUT2D eigenvalue weighted by molar-refractivity contribution is 0.100. The number of primary amides is 1. The lowest BCUT2D eigenvalue weighted by Gasteiger charge is -2.14. The number of ether oxygens (including phenoxy) is 1. The van der Waals surface area contributed by atoms with Crippen LogP contribution >= 0.6 is 0 Å².